The number of aromatic nitrogens is 2. The zero-order valence-corrected chi connectivity index (χ0v) is 10.3. The maximum atomic E-state index is 12.0. The monoisotopic (exact) mass is 248 g/mol. The molecule has 0 spiro atoms. The summed E-state index contributed by atoms with van der Waals surface area (Å²) in [6, 6.07) is 1.76. The number of carbonyl (C=O) groups excluding carboxylic acids is 2. The minimum atomic E-state index is -0.671. The van der Waals surface area contributed by atoms with Gasteiger partial charge in [0, 0.05) is 25.0 Å². The highest BCUT2D eigenvalue weighted by molar-refractivity contribution is 6.39. The lowest BCUT2D eigenvalue weighted by Gasteiger charge is -2.32. The third kappa shape index (κ3) is 2.82. The van der Waals surface area contributed by atoms with Gasteiger partial charge >= 0.3 is 11.8 Å². The smallest absolute Gasteiger partial charge is 0.316 e. The predicted molar refractivity (Wildman–Crippen MR) is 65.7 cm³/mol. The summed E-state index contributed by atoms with van der Waals surface area (Å²) in [6.45, 7) is 2.60. The van der Waals surface area contributed by atoms with E-state index < -0.39 is 11.8 Å². The molecule has 18 heavy (non-hydrogen) atoms. The number of likely N-dealkylation sites (tertiary alicyclic amines) is 1. The minimum Gasteiger partial charge on any atom is -0.332 e. The summed E-state index contributed by atoms with van der Waals surface area (Å²) in [5, 5.41) is 2.41. The first-order valence-electron chi connectivity index (χ1n) is 6.07. The number of anilines is 1. The molecular formula is C12H16N4O2. The van der Waals surface area contributed by atoms with Crippen LogP contribution < -0.4 is 5.32 Å². The zero-order chi connectivity index (χ0) is 13.0. The van der Waals surface area contributed by atoms with E-state index in [0.29, 0.717) is 6.54 Å². The molecule has 0 radical (unpaired) electrons. The summed E-state index contributed by atoms with van der Waals surface area (Å²) in [5.74, 6) is -1.02. The Morgan fingerprint density at radius 2 is 2.06 bits per heavy atom. The van der Waals surface area contributed by atoms with E-state index in [1.54, 1.807) is 11.0 Å². The zero-order valence-electron chi connectivity index (χ0n) is 10.3. The Balaban J connectivity index is 1.98. The van der Waals surface area contributed by atoms with Crippen molar-refractivity contribution in [2.75, 3.05) is 11.9 Å². The molecule has 2 amide bonds. The number of nitrogens with zero attached hydrogens (tertiary/aromatic N) is 3. The molecule has 0 saturated carbocycles. The van der Waals surface area contributed by atoms with E-state index in [4.69, 9.17) is 0 Å². The molecule has 1 aliphatic rings. The highest BCUT2D eigenvalue weighted by atomic mass is 16.2. The molecular weight excluding hydrogens is 232 g/mol. The van der Waals surface area contributed by atoms with Crippen LogP contribution in [0.3, 0.4) is 0 Å². The van der Waals surface area contributed by atoms with E-state index in [-0.39, 0.29) is 12.0 Å². The van der Waals surface area contributed by atoms with Gasteiger partial charge in [0.1, 0.15) is 0 Å². The Labute approximate surface area is 105 Å². The van der Waals surface area contributed by atoms with Gasteiger partial charge in [-0.1, -0.05) is 0 Å². The Morgan fingerprint density at radius 1 is 1.33 bits per heavy atom. The lowest BCUT2D eigenvalue weighted by molar-refractivity contribution is -0.145. The SMILES string of the molecule is CC1CCCCN1C(=O)C(=O)Nc1ncccn1. The molecule has 0 bridgehead atoms. The molecule has 1 unspecified atom stereocenters. The van der Waals surface area contributed by atoms with Gasteiger partial charge in [-0.2, -0.15) is 0 Å². The molecule has 1 aromatic heterocycles. The van der Waals surface area contributed by atoms with Crippen molar-refractivity contribution in [3.05, 3.63) is 18.5 Å². The first-order valence-corrected chi connectivity index (χ1v) is 6.07. The summed E-state index contributed by atoms with van der Waals surface area (Å²) in [4.78, 5) is 33.1. The molecule has 1 aromatic rings. The first kappa shape index (κ1) is 12.5. The summed E-state index contributed by atoms with van der Waals surface area (Å²) >= 11 is 0. The largest absolute Gasteiger partial charge is 0.332 e. The molecule has 1 aliphatic heterocycles. The fourth-order valence-electron chi connectivity index (χ4n) is 2.05. The molecule has 1 fully saturated rings. The van der Waals surface area contributed by atoms with Gasteiger partial charge in [-0.25, -0.2) is 9.97 Å². The lowest BCUT2D eigenvalue weighted by atomic mass is 10.0. The van der Waals surface area contributed by atoms with E-state index in [2.05, 4.69) is 15.3 Å². The van der Waals surface area contributed by atoms with Gasteiger partial charge in [0.2, 0.25) is 5.95 Å². The number of rotatable bonds is 1. The minimum absolute atomic E-state index is 0.119. The fraction of sp³-hybridized carbons (Fsp3) is 0.500. The van der Waals surface area contributed by atoms with Crippen molar-refractivity contribution in [1.29, 1.82) is 0 Å². The topological polar surface area (TPSA) is 75.2 Å². The molecule has 0 aromatic carbocycles. The van der Waals surface area contributed by atoms with E-state index >= 15 is 0 Å². The van der Waals surface area contributed by atoms with Crippen molar-refractivity contribution in [2.45, 2.75) is 32.2 Å². The van der Waals surface area contributed by atoms with Crippen LogP contribution in [0.1, 0.15) is 26.2 Å². The average molecular weight is 248 g/mol. The van der Waals surface area contributed by atoms with Gasteiger partial charge in [-0.3, -0.25) is 14.9 Å². The van der Waals surface area contributed by atoms with Crippen LogP contribution >= 0.6 is 0 Å². The number of nitrogens with one attached hydrogen (secondary N) is 1. The second-order valence-corrected chi connectivity index (χ2v) is 4.37. The van der Waals surface area contributed by atoms with Crippen molar-refractivity contribution in [3.63, 3.8) is 0 Å². The van der Waals surface area contributed by atoms with Crippen molar-refractivity contribution in [2.24, 2.45) is 0 Å². The van der Waals surface area contributed by atoms with Crippen LogP contribution in [-0.2, 0) is 9.59 Å². The molecule has 1 saturated heterocycles. The number of hydrogen-bond acceptors (Lipinski definition) is 4. The van der Waals surface area contributed by atoms with Crippen molar-refractivity contribution in [1.82, 2.24) is 14.9 Å². The molecule has 2 rings (SSSR count). The summed E-state index contributed by atoms with van der Waals surface area (Å²) in [6.07, 6.45) is 6.02. The van der Waals surface area contributed by atoms with Crippen LogP contribution in [0, 0.1) is 0 Å². The first-order chi connectivity index (χ1) is 8.68. The second kappa shape index (κ2) is 5.57. The van der Waals surface area contributed by atoms with Gasteiger partial charge < -0.3 is 4.90 Å². The Morgan fingerprint density at radius 3 is 2.72 bits per heavy atom. The van der Waals surface area contributed by atoms with E-state index in [9.17, 15) is 9.59 Å². The van der Waals surface area contributed by atoms with Crippen LogP contribution in [0.25, 0.3) is 0 Å². The molecule has 2 heterocycles. The van der Waals surface area contributed by atoms with Gasteiger partial charge in [0.05, 0.1) is 0 Å². The van der Waals surface area contributed by atoms with Crippen LogP contribution in [-0.4, -0.2) is 39.3 Å². The normalized spacial score (nSPS) is 19.4. The fourth-order valence-corrected chi connectivity index (χ4v) is 2.05. The Hall–Kier alpha value is -1.98. The van der Waals surface area contributed by atoms with Crippen LogP contribution in [0.4, 0.5) is 5.95 Å². The quantitative estimate of drug-likeness (QED) is 0.746. The predicted octanol–water partition coefficient (Wildman–Crippen LogP) is 0.816. The van der Waals surface area contributed by atoms with Crippen LogP contribution in [0.5, 0.6) is 0 Å². The van der Waals surface area contributed by atoms with E-state index in [1.165, 1.54) is 12.4 Å². The van der Waals surface area contributed by atoms with E-state index in [0.717, 1.165) is 19.3 Å². The lowest BCUT2D eigenvalue weighted by Crippen LogP contribution is -2.47. The van der Waals surface area contributed by atoms with Crippen molar-refractivity contribution < 1.29 is 9.59 Å². The van der Waals surface area contributed by atoms with Crippen LogP contribution in [0.15, 0.2) is 18.5 Å². The average Bonchev–Trinajstić information content (AvgIpc) is 2.39. The molecule has 1 atom stereocenters. The van der Waals surface area contributed by atoms with Gasteiger partial charge in [-0.05, 0) is 32.3 Å². The Kier molecular flexibility index (Phi) is 3.86. The number of carbonyl (C=O) groups is 2. The van der Waals surface area contributed by atoms with Crippen molar-refractivity contribution in [3.8, 4) is 0 Å². The Bertz CT molecular complexity index is 435. The van der Waals surface area contributed by atoms with E-state index in [1.807, 2.05) is 6.92 Å². The highest BCUT2D eigenvalue weighted by Crippen LogP contribution is 2.16. The standard InChI is InChI=1S/C12H16N4O2/c1-9-5-2-3-8-16(9)11(18)10(17)15-12-13-6-4-7-14-12/h4,6-7,9H,2-3,5,8H2,1H3,(H,13,14,15,17). The number of piperidine rings is 1. The van der Waals surface area contributed by atoms with Crippen molar-refractivity contribution >= 4 is 17.8 Å². The third-order valence-electron chi connectivity index (χ3n) is 3.05. The molecule has 96 valence electrons. The highest BCUT2D eigenvalue weighted by Gasteiger charge is 2.28. The number of amides is 2. The van der Waals surface area contributed by atoms with Gasteiger partial charge in [0.15, 0.2) is 0 Å². The molecule has 6 heteroatoms. The van der Waals surface area contributed by atoms with Gasteiger partial charge in [0.25, 0.3) is 0 Å². The maximum Gasteiger partial charge on any atom is 0.316 e. The summed E-state index contributed by atoms with van der Waals surface area (Å²) in [5.41, 5.74) is 0. The second-order valence-electron chi connectivity index (χ2n) is 4.37. The summed E-state index contributed by atoms with van der Waals surface area (Å²) < 4.78 is 0. The molecule has 6 nitrogen and oxygen atoms in total. The maximum absolute atomic E-state index is 12.0. The molecule has 1 N–H and O–H groups in total. The summed E-state index contributed by atoms with van der Waals surface area (Å²) in [7, 11) is 0. The molecule has 0 aliphatic carbocycles. The number of hydrogen-bond donors (Lipinski definition) is 1. The van der Waals surface area contributed by atoms with Gasteiger partial charge in [-0.15, -0.1) is 0 Å². The van der Waals surface area contributed by atoms with Crippen LogP contribution in [0.2, 0.25) is 0 Å². The third-order valence-corrected chi connectivity index (χ3v) is 3.05.